The molecule has 52 heavy (non-hydrogen) atoms. The summed E-state index contributed by atoms with van der Waals surface area (Å²) in [6.07, 6.45) is 0. The summed E-state index contributed by atoms with van der Waals surface area (Å²) in [5.74, 6) is 0. The first-order chi connectivity index (χ1) is 24.6. The van der Waals surface area contributed by atoms with Gasteiger partial charge in [0.1, 0.15) is 0 Å². The van der Waals surface area contributed by atoms with Gasteiger partial charge in [0.15, 0.2) is 0 Å². The molecule has 260 valence electrons. The summed E-state index contributed by atoms with van der Waals surface area (Å²) in [7, 11) is 0. The fourth-order valence-electron chi connectivity index (χ4n) is 8.29. The molecular weight excluding hydrogens is 667 g/mol. The highest BCUT2D eigenvalue weighted by molar-refractivity contribution is 7.37. The number of nitrogens with zero attached hydrogens (tertiary/aromatic N) is 2. The Bertz CT molecular complexity index is 2530. The Morgan fingerprint density at radius 2 is 1.04 bits per heavy atom. The molecule has 0 amide bonds. The molecular formula is C47H47BN2S2. The molecule has 7 aromatic rings. The molecule has 0 atom stereocenters. The summed E-state index contributed by atoms with van der Waals surface area (Å²) in [6, 6.07) is 39.9. The third-order valence-corrected chi connectivity index (χ3v) is 13.8. The normalized spacial score (nSPS) is 14.2. The van der Waals surface area contributed by atoms with Gasteiger partial charge < -0.3 is 9.80 Å². The van der Waals surface area contributed by atoms with Crippen molar-refractivity contribution in [1.82, 2.24) is 0 Å². The molecule has 4 heterocycles. The van der Waals surface area contributed by atoms with E-state index in [-0.39, 0.29) is 23.0 Å². The van der Waals surface area contributed by atoms with Crippen molar-refractivity contribution < 1.29 is 0 Å². The molecule has 0 unspecified atom stereocenters. The van der Waals surface area contributed by atoms with Crippen LogP contribution >= 0.6 is 22.7 Å². The molecule has 0 spiro atoms. The molecule has 9 rings (SSSR count). The number of fused-ring (bicyclic) bond motifs is 8. The van der Waals surface area contributed by atoms with E-state index in [9.17, 15) is 0 Å². The van der Waals surface area contributed by atoms with E-state index >= 15 is 0 Å². The monoisotopic (exact) mass is 714 g/mol. The molecule has 2 aromatic heterocycles. The zero-order chi connectivity index (χ0) is 36.5. The molecule has 5 heteroatoms. The minimum Gasteiger partial charge on any atom is -0.311 e. The van der Waals surface area contributed by atoms with Gasteiger partial charge in [0.25, 0.3) is 6.71 Å². The molecule has 2 aliphatic rings. The van der Waals surface area contributed by atoms with Crippen molar-refractivity contribution in [3.8, 4) is 0 Å². The van der Waals surface area contributed by atoms with Crippen LogP contribution in [0.3, 0.4) is 0 Å². The Kier molecular flexibility index (Phi) is 7.31. The maximum atomic E-state index is 2.59. The van der Waals surface area contributed by atoms with Gasteiger partial charge in [-0.25, -0.2) is 0 Å². The summed E-state index contributed by atoms with van der Waals surface area (Å²) >= 11 is 3.94. The zero-order valence-electron chi connectivity index (χ0n) is 32.1. The van der Waals surface area contributed by atoms with Crippen LogP contribution in [-0.2, 0) is 16.2 Å². The van der Waals surface area contributed by atoms with Gasteiger partial charge in [-0.2, -0.15) is 0 Å². The van der Waals surface area contributed by atoms with E-state index in [2.05, 4.69) is 182 Å². The predicted octanol–water partition coefficient (Wildman–Crippen LogP) is 12.4. The second-order valence-electron chi connectivity index (χ2n) is 18.0. The highest BCUT2D eigenvalue weighted by Gasteiger charge is 2.46. The van der Waals surface area contributed by atoms with Gasteiger partial charge in [-0.3, -0.25) is 0 Å². The summed E-state index contributed by atoms with van der Waals surface area (Å²) < 4.78 is 4.19. The number of benzene rings is 5. The number of hydrogen-bond acceptors (Lipinski definition) is 4. The SMILES string of the molecule is Cc1cc2c3c(c1)N(c1ccc(C(C)(C)C)cc1)c1sc4c(sc5ccccc54)c1B3c1ccc(C(C)(C)C)cc1N2c1ccc(C(C)(C)C)cc1. The van der Waals surface area contributed by atoms with Crippen molar-refractivity contribution in [2.45, 2.75) is 85.5 Å². The Hall–Kier alpha value is -4.32. The first kappa shape index (κ1) is 33.5. The van der Waals surface area contributed by atoms with E-state index in [4.69, 9.17) is 0 Å². The first-order valence-electron chi connectivity index (χ1n) is 18.6. The predicted molar refractivity (Wildman–Crippen MR) is 232 cm³/mol. The third-order valence-electron chi connectivity index (χ3n) is 11.2. The van der Waals surface area contributed by atoms with Gasteiger partial charge in [0.2, 0.25) is 0 Å². The second kappa shape index (κ2) is 11.3. The van der Waals surface area contributed by atoms with Crippen LogP contribution in [0.25, 0.3) is 19.5 Å². The minimum atomic E-state index is 0.0176. The lowest BCUT2D eigenvalue weighted by Gasteiger charge is -2.44. The lowest BCUT2D eigenvalue weighted by molar-refractivity contribution is 0.590. The van der Waals surface area contributed by atoms with E-state index in [0.717, 1.165) is 0 Å². The molecule has 2 nitrogen and oxygen atoms in total. The average molecular weight is 715 g/mol. The topological polar surface area (TPSA) is 6.48 Å². The van der Waals surface area contributed by atoms with Crippen molar-refractivity contribution in [3.05, 3.63) is 125 Å². The van der Waals surface area contributed by atoms with E-state index in [0.29, 0.717) is 0 Å². The largest absolute Gasteiger partial charge is 0.311 e. The number of anilines is 6. The fourth-order valence-corrected chi connectivity index (χ4v) is 11.2. The van der Waals surface area contributed by atoms with E-state index in [1.807, 2.05) is 22.7 Å². The minimum absolute atomic E-state index is 0.0176. The van der Waals surface area contributed by atoms with Crippen LogP contribution in [-0.4, -0.2) is 6.71 Å². The average Bonchev–Trinajstić information content (AvgIpc) is 3.63. The van der Waals surface area contributed by atoms with Crippen LogP contribution in [0.5, 0.6) is 0 Å². The van der Waals surface area contributed by atoms with E-state index in [1.165, 1.54) is 91.6 Å². The number of hydrogen-bond donors (Lipinski definition) is 0. The van der Waals surface area contributed by atoms with Crippen molar-refractivity contribution in [2.24, 2.45) is 0 Å². The smallest absolute Gasteiger partial charge is 0.255 e. The lowest BCUT2D eigenvalue weighted by Crippen LogP contribution is -2.61. The molecule has 5 aromatic carbocycles. The summed E-state index contributed by atoms with van der Waals surface area (Å²) in [5, 5.41) is 2.71. The molecule has 0 bridgehead atoms. The Balaban J connectivity index is 1.38. The lowest BCUT2D eigenvalue weighted by atomic mass is 9.34. The number of rotatable bonds is 2. The van der Waals surface area contributed by atoms with Gasteiger partial charge >= 0.3 is 0 Å². The van der Waals surface area contributed by atoms with Crippen molar-refractivity contribution >= 4 is 98.7 Å². The first-order valence-corrected chi connectivity index (χ1v) is 20.3. The molecule has 0 N–H and O–H groups in total. The van der Waals surface area contributed by atoms with Crippen LogP contribution in [0.1, 0.15) is 84.6 Å². The van der Waals surface area contributed by atoms with Gasteiger partial charge in [0, 0.05) is 43.2 Å². The van der Waals surface area contributed by atoms with Crippen LogP contribution in [0.2, 0.25) is 0 Å². The summed E-state index contributed by atoms with van der Waals surface area (Å²) in [5.41, 5.74) is 16.0. The van der Waals surface area contributed by atoms with Crippen LogP contribution in [0.4, 0.5) is 33.4 Å². The quantitative estimate of drug-likeness (QED) is 0.165. The maximum Gasteiger partial charge on any atom is 0.255 e. The van der Waals surface area contributed by atoms with Crippen LogP contribution < -0.4 is 26.2 Å². The molecule has 0 saturated heterocycles. The second-order valence-corrected chi connectivity index (χ2v) is 20.1. The molecule has 0 fully saturated rings. The summed E-state index contributed by atoms with van der Waals surface area (Å²) in [4.78, 5) is 5.16. The van der Waals surface area contributed by atoms with Crippen LogP contribution in [0.15, 0.2) is 103 Å². The van der Waals surface area contributed by atoms with Crippen LogP contribution in [0, 0.1) is 6.92 Å². The standard InChI is InChI=1S/C47H47BN2S2/c1-28-25-37-40-38(26-28)50(33-22-17-30(18-23-33)46(5,6)7)44-41(43-42(52-44)34-13-11-12-14-39(34)51-43)48(40)35-24-19-31(47(8,9)10)27-36(35)49(37)32-20-15-29(16-21-32)45(2,3)4/h11-27H,1-10H3. The van der Waals surface area contributed by atoms with Gasteiger partial charge in [-0.05, 0) is 110 Å². The summed E-state index contributed by atoms with van der Waals surface area (Å²) in [6.45, 7) is 23.2. The highest BCUT2D eigenvalue weighted by Crippen LogP contribution is 2.51. The Morgan fingerprint density at radius 3 is 1.63 bits per heavy atom. The van der Waals surface area contributed by atoms with Crippen molar-refractivity contribution in [3.63, 3.8) is 0 Å². The maximum absolute atomic E-state index is 2.59. The number of thiophene rings is 2. The van der Waals surface area contributed by atoms with E-state index < -0.39 is 0 Å². The van der Waals surface area contributed by atoms with Gasteiger partial charge in [-0.15, -0.1) is 22.7 Å². The molecule has 0 aliphatic carbocycles. The Morgan fingerprint density at radius 1 is 0.500 bits per heavy atom. The number of aryl methyl sites for hydroxylation is 1. The zero-order valence-corrected chi connectivity index (χ0v) is 33.7. The Labute approximate surface area is 317 Å². The van der Waals surface area contributed by atoms with Crippen molar-refractivity contribution in [2.75, 3.05) is 9.80 Å². The molecule has 2 aliphatic heterocycles. The van der Waals surface area contributed by atoms with Gasteiger partial charge in [-0.1, -0.05) is 117 Å². The molecule has 0 saturated carbocycles. The molecule has 0 radical (unpaired) electrons. The third kappa shape index (κ3) is 5.10. The fraction of sp³-hybridized carbons (Fsp3) is 0.277. The highest BCUT2D eigenvalue weighted by atomic mass is 32.1. The van der Waals surface area contributed by atoms with Crippen molar-refractivity contribution in [1.29, 1.82) is 0 Å². The van der Waals surface area contributed by atoms with Gasteiger partial charge in [0.05, 0.1) is 9.70 Å². The van der Waals surface area contributed by atoms with E-state index in [1.54, 1.807) is 0 Å².